The van der Waals surface area contributed by atoms with Crippen molar-refractivity contribution in [2.45, 2.75) is 83.7 Å². The van der Waals surface area contributed by atoms with E-state index in [1.165, 1.54) is 44.9 Å². The lowest BCUT2D eigenvalue weighted by atomic mass is 10.0. The minimum Gasteiger partial charge on any atom is -0.375 e. The van der Waals surface area contributed by atoms with Crippen molar-refractivity contribution in [3.05, 3.63) is 35.9 Å². The lowest BCUT2D eigenvalue weighted by molar-refractivity contribution is -0.136. The summed E-state index contributed by atoms with van der Waals surface area (Å²) in [4.78, 5) is 25.5. The zero-order valence-electron chi connectivity index (χ0n) is 15.4. The van der Waals surface area contributed by atoms with Gasteiger partial charge in [0.1, 0.15) is 6.04 Å². The molecule has 138 valence electrons. The van der Waals surface area contributed by atoms with Crippen LogP contribution in [0.25, 0.3) is 0 Å². The van der Waals surface area contributed by atoms with Crippen molar-refractivity contribution >= 4 is 12.1 Å². The van der Waals surface area contributed by atoms with Gasteiger partial charge in [-0.15, -0.1) is 0 Å². The van der Waals surface area contributed by atoms with Gasteiger partial charge in [-0.3, -0.25) is 4.90 Å². The SMILES string of the molecule is CCCCCCCCCCC[C@@H]1C(=O)OC(=O)N1Cc1ccccc1. The molecule has 1 aliphatic rings. The van der Waals surface area contributed by atoms with Crippen molar-refractivity contribution < 1.29 is 14.3 Å². The van der Waals surface area contributed by atoms with Crippen LogP contribution < -0.4 is 0 Å². The molecule has 1 aromatic rings. The van der Waals surface area contributed by atoms with Gasteiger partial charge in [0.05, 0.1) is 0 Å². The fourth-order valence-electron chi connectivity index (χ4n) is 3.34. The lowest BCUT2D eigenvalue weighted by Crippen LogP contribution is -2.34. The fourth-order valence-corrected chi connectivity index (χ4v) is 3.34. The summed E-state index contributed by atoms with van der Waals surface area (Å²) in [6.07, 6.45) is 11.4. The molecule has 4 nitrogen and oxygen atoms in total. The Morgan fingerprint density at radius 2 is 1.48 bits per heavy atom. The first kappa shape index (κ1) is 19.5. The number of carbonyl (C=O) groups excluding carboxylic acids is 2. The van der Waals surface area contributed by atoms with Crippen LogP contribution in [0.1, 0.15) is 76.7 Å². The summed E-state index contributed by atoms with van der Waals surface area (Å²) >= 11 is 0. The highest BCUT2D eigenvalue weighted by molar-refractivity contribution is 5.95. The van der Waals surface area contributed by atoms with E-state index in [2.05, 4.69) is 6.92 Å². The maximum absolute atomic E-state index is 12.0. The van der Waals surface area contributed by atoms with Crippen LogP contribution in [-0.2, 0) is 16.1 Å². The minimum absolute atomic E-state index is 0.388. The molecular formula is C21H31NO3. The standard InChI is InChI=1S/C21H31NO3/c1-2-3-4-5-6-7-8-9-13-16-19-20(23)25-21(24)22(19)17-18-14-11-10-12-15-18/h10-12,14-15,19H,2-9,13,16-17H2,1H3/t19-/m1/s1. The van der Waals surface area contributed by atoms with Crippen molar-refractivity contribution in [3.8, 4) is 0 Å². The average Bonchev–Trinajstić information content (AvgIpc) is 2.88. The number of benzene rings is 1. The van der Waals surface area contributed by atoms with E-state index in [4.69, 9.17) is 4.74 Å². The number of carbonyl (C=O) groups is 2. The van der Waals surface area contributed by atoms with Crippen LogP contribution in [0.4, 0.5) is 4.79 Å². The maximum atomic E-state index is 12.0. The van der Waals surface area contributed by atoms with Gasteiger partial charge in [0.15, 0.2) is 0 Å². The molecule has 4 heteroatoms. The van der Waals surface area contributed by atoms with E-state index in [-0.39, 0.29) is 5.97 Å². The number of nitrogens with zero attached hydrogens (tertiary/aromatic N) is 1. The Morgan fingerprint density at radius 1 is 0.880 bits per heavy atom. The van der Waals surface area contributed by atoms with Gasteiger partial charge in [-0.1, -0.05) is 95.0 Å². The summed E-state index contributed by atoms with van der Waals surface area (Å²) in [5, 5.41) is 0. The third-order valence-electron chi connectivity index (χ3n) is 4.85. The zero-order chi connectivity index (χ0) is 17.9. The number of rotatable bonds is 12. The molecule has 1 fully saturated rings. The van der Waals surface area contributed by atoms with Gasteiger partial charge in [0.2, 0.25) is 0 Å². The van der Waals surface area contributed by atoms with Crippen LogP contribution >= 0.6 is 0 Å². The molecule has 1 saturated heterocycles. The van der Waals surface area contributed by atoms with Crippen molar-refractivity contribution in [2.24, 2.45) is 0 Å². The van der Waals surface area contributed by atoms with Crippen LogP contribution in [0, 0.1) is 0 Å². The number of cyclic esters (lactones) is 2. The summed E-state index contributed by atoms with van der Waals surface area (Å²) in [6.45, 7) is 2.67. The highest BCUT2D eigenvalue weighted by Gasteiger charge is 2.40. The van der Waals surface area contributed by atoms with Gasteiger partial charge < -0.3 is 4.74 Å². The van der Waals surface area contributed by atoms with Gasteiger partial charge in [-0.05, 0) is 12.0 Å². The van der Waals surface area contributed by atoms with Gasteiger partial charge in [0.25, 0.3) is 0 Å². The van der Waals surface area contributed by atoms with Crippen molar-refractivity contribution in [1.82, 2.24) is 4.90 Å². The summed E-state index contributed by atoms with van der Waals surface area (Å²) in [7, 11) is 0. The number of hydrogen-bond donors (Lipinski definition) is 0. The molecule has 0 radical (unpaired) electrons. The minimum atomic E-state index is -0.505. The maximum Gasteiger partial charge on any atom is 0.418 e. The number of unbranched alkanes of at least 4 members (excludes halogenated alkanes) is 8. The highest BCUT2D eigenvalue weighted by Crippen LogP contribution is 2.22. The van der Waals surface area contributed by atoms with Crippen LogP contribution in [0.3, 0.4) is 0 Å². The number of hydrogen-bond acceptors (Lipinski definition) is 3. The van der Waals surface area contributed by atoms with Crippen LogP contribution in [-0.4, -0.2) is 23.0 Å². The monoisotopic (exact) mass is 345 g/mol. The van der Waals surface area contributed by atoms with Crippen molar-refractivity contribution in [1.29, 1.82) is 0 Å². The third-order valence-corrected chi connectivity index (χ3v) is 4.85. The van der Waals surface area contributed by atoms with E-state index in [9.17, 15) is 9.59 Å². The van der Waals surface area contributed by atoms with Crippen LogP contribution in [0.2, 0.25) is 0 Å². The molecule has 0 bridgehead atoms. The van der Waals surface area contributed by atoms with Crippen molar-refractivity contribution in [3.63, 3.8) is 0 Å². The largest absolute Gasteiger partial charge is 0.418 e. The van der Waals surface area contributed by atoms with E-state index in [1.807, 2.05) is 30.3 Å². The fraction of sp³-hybridized carbons (Fsp3) is 0.619. The topological polar surface area (TPSA) is 46.6 Å². The Labute approximate surface area is 151 Å². The van der Waals surface area contributed by atoms with Crippen LogP contribution in [0.5, 0.6) is 0 Å². The zero-order valence-corrected chi connectivity index (χ0v) is 15.4. The molecule has 0 aromatic heterocycles. The van der Waals surface area contributed by atoms with Gasteiger partial charge >= 0.3 is 12.1 Å². The predicted molar refractivity (Wildman–Crippen MR) is 99.1 cm³/mol. The van der Waals surface area contributed by atoms with Gasteiger partial charge in [-0.2, -0.15) is 0 Å². The smallest absolute Gasteiger partial charge is 0.375 e. The summed E-state index contributed by atoms with van der Waals surface area (Å²) in [6, 6.07) is 9.33. The second kappa shape index (κ2) is 10.9. The van der Waals surface area contributed by atoms with E-state index in [0.717, 1.165) is 18.4 Å². The van der Waals surface area contributed by atoms with Gasteiger partial charge in [0, 0.05) is 6.54 Å². The van der Waals surface area contributed by atoms with E-state index in [0.29, 0.717) is 13.0 Å². The first-order chi connectivity index (χ1) is 12.2. The quantitative estimate of drug-likeness (QED) is 0.287. The van der Waals surface area contributed by atoms with Gasteiger partial charge in [-0.25, -0.2) is 9.59 Å². The summed E-state index contributed by atoms with van der Waals surface area (Å²) < 4.78 is 4.84. The van der Waals surface area contributed by atoms with E-state index < -0.39 is 12.1 Å². The molecule has 0 N–H and O–H groups in total. The Bertz CT molecular complexity index is 529. The molecule has 1 atom stereocenters. The molecule has 25 heavy (non-hydrogen) atoms. The first-order valence-electron chi connectivity index (χ1n) is 9.78. The second-order valence-corrected chi connectivity index (χ2v) is 6.93. The van der Waals surface area contributed by atoms with Crippen molar-refractivity contribution in [2.75, 3.05) is 0 Å². The van der Waals surface area contributed by atoms with Crippen LogP contribution in [0.15, 0.2) is 30.3 Å². The third kappa shape index (κ3) is 6.52. The summed E-state index contributed by atoms with van der Waals surface area (Å²) in [5.74, 6) is -0.388. The molecule has 0 saturated carbocycles. The average molecular weight is 345 g/mol. The summed E-state index contributed by atoms with van der Waals surface area (Å²) in [5.41, 5.74) is 1.02. The Morgan fingerprint density at radius 3 is 2.12 bits per heavy atom. The Kier molecular flexibility index (Phi) is 8.50. The number of esters is 1. The number of ether oxygens (including phenoxy) is 1. The molecule has 1 aliphatic heterocycles. The molecule has 2 rings (SSSR count). The normalized spacial score (nSPS) is 17.2. The highest BCUT2D eigenvalue weighted by atomic mass is 16.6. The second-order valence-electron chi connectivity index (χ2n) is 6.93. The Hall–Kier alpha value is -1.84. The van der Waals surface area contributed by atoms with E-state index in [1.54, 1.807) is 4.90 Å². The molecule has 0 aliphatic carbocycles. The predicted octanol–water partition coefficient (Wildman–Crippen LogP) is 5.45. The van der Waals surface area contributed by atoms with E-state index >= 15 is 0 Å². The Balaban J connectivity index is 1.68. The molecule has 0 unspecified atom stereocenters. The molecule has 1 aromatic carbocycles. The molecule has 0 spiro atoms. The lowest BCUT2D eigenvalue weighted by Gasteiger charge is -2.19. The first-order valence-corrected chi connectivity index (χ1v) is 9.78. The number of amides is 1. The molecule has 1 heterocycles. The molecule has 1 amide bonds. The molecular weight excluding hydrogens is 314 g/mol.